The number of para-hydroxylation sites is 2. The Hall–Kier alpha value is -2.67. The van der Waals surface area contributed by atoms with Crippen molar-refractivity contribution in [2.75, 3.05) is 16.3 Å². The molecule has 0 aliphatic carbocycles. The first-order chi connectivity index (χ1) is 15.2. The van der Waals surface area contributed by atoms with Gasteiger partial charge in [-0.25, -0.2) is 0 Å². The molecule has 3 aromatic rings. The fraction of sp³-hybridized carbons (Fsp3) is 0.0833. The minimum absolute atomic E-state index is 0.211. The van der Waals surface area contributed by atoms with Crippen LogP contribution in [0.25, 0.3) is 0 Å². The fourth-order valence-electron chi connectivity index (χ4n) is 3.59. The second kappa shape index (κ2) is 8.46. The molecule has 0 spiro atoms. The number of hydrogen-bond donors (Lipinski definition) is 0. The minimum Gasteiger partial charge on any atom is -0.334 e. The Labute approximate surface area is 194 Å². The molecule has 0 saturated heterocycles. The number of halogens is 1. The summed E-state index contributed by atoms with van der Waals surface area (Å²) in [4.78, 5) is 23.4. The van der Waals surface area contributed by atoms with E-state index in [4.69, 9.17) is 11.6 Å². The van der Waals surface area contributed by atoms with E-state index in [0.29, 0.717) is 15.1 Å². The van der Waals surface area contributed by atoms with Crippen LogP contribution in [0.2, 0.25) is 5.02 Å². The summed E-state index contributed by atoms with van der Waals surface area (Å²) in [7, 11) is 0. The Balaban J connectivity index is 1.55. The molecule has 31 heavy (non-hydrogen) atoms. The molecule has 3 aromatic carbocycles. The van der Waals surface area contributed by atoms with Crippen LogP contribution in [0.15, 0.2) is 98.7 Å². The van der Waals surface area contributed by atoms with Crippen LogP contribution in [0.4, 0.5) is 17.1 Å². The van der Waals surface area contributed by atoms with Crippen LogP contribution in [0.3, 0.4) is 0 Å². The van der Waals surface area contributed by atoms with Crippen molar-refractivity contribution in [3.05, 3.63) is 93.8 Å². The number of anilines is 3. The Kier molecular flexibility index (Phi) is 5.52. The third-order valence-corrected chi connectivity index (χ3v) is 7.55. The summed E-state index contributed by atoms with van der Waals surface area (Å²) >= 11 is 9.24. The van der Waals surface area contributed by atoms with Gasteiger partial charge in [-0.3, -0.25) is 9.69 Å². The number of thioether (sulfide) groups is 2. The van der Waals surface area contributed by atoms with Crippen molar-refractivity contribution in [1.82, 2.24) is 0 Å². The molecule has 154 valence electrons. The van der Waals surface area contributed by atoms with E-state index in [9.17, 15) is 4.79 Å². The van der Waals surface area contributed by atoms with Gasteiger partial charge >= 0.3 is 0 Å². The van der Waals surface area contributed by atoms with Crippen molar-refractivity contribution in [2.45, 2.75) is 11.8 Å². The van der Waals surface area contributed by atoms with Crippen LogP contribution in [0.1, 0.15) is 6.92 Å². The van der Waals surface area contributed by atoms with Crippen LogP contribution in [-0.4, -0.2) is 17.6 Å². The second-order valence-corrected chi connectivity index (χ2v) is 9.35. The Morgan fingerprint density at radius 3 is 2.19 bits per heavy atom. The van der Waals surface area contributed by atoms with E-state index in [1.54, 1.807) is 11.8 Å². The topological polar surface area (TPSA) is 35.9 Å². The highest BCUT2D eigenvalue weighted by Crippen LogP contribution is 2.51. The molecule has 0 unspecified atom stereocenters. The van der Waals surface area contributed by atoms with Gasteiger partial charge in [-0.15, -0.1) is 0 Å². The number of aliphatic imine (C=N–C) groups is 1. The van der Waals surface area contributed by atoms with Gasteiger partial charge in [0.05, 0.1) is 5.69 Å². The van der Waals surface area contributed by atoms with E-state index in [1.807, 2.05) is 83.8 Å². The lowest BCUT2D eigenvalue weighted by molar-refractivity contribution is -0.113. The first-order valence-electron chi connectivity index (χ1n) is 9.86. The molecule has 2 aliphatic heterocycles. The van der Waals surface area contributed by atoms with Gasteiger partial charge in [0.1, 0.15) is 9.93 Å². The molecule has 2 aliphatic rings. The van der Waals surface area contributed by atoms with Crippen LogP contribution in [-0.2, 0) is 4.79 Å². The molecule has 5 rings (SSSR count). The molecule has 0 fully saturated rings. The van der Waals surface area contributed by atoms with E-state index >= 15 is 0 Å². The molecule has 0 saturated carbocycles. The summed E-state index contributed by atoms with van der Waals surface area (Å²) in [5.74, 6) is -0.211. The van der Waals surface area contributed by atoms with Crippen molar-refractivity contribution in [3.8, 4) is 0 Å². The van der Waals surface area contributed by atoms with Crippen LogP contribution in [0, 0.1) is 0 Å². The maximum absolute atomic E-state index is 13.1. The molecular formula is C24H18ClN3OS2. The lowest BCUT2D eigenvalue weighted by Crippen LogP contribution is -2.22. The normalized spacial score (nSPS) is 17.7. The highest BCUT2D eigenvalue weighted by Gasteiger charge is 2.36. The molecule has 7 heteroatoms. The number of carbonyl (C=O) groups is 1. The van der Waals surface area contributed by atoms with E-state index in [0.717, 1.165) is 33.5 Å². The molecule has 0 bridgehead atoms. The van der Waals surface area contributed by atoms with Crippen molar-refractivity contribution in [3.63, 3.8) is 0 Å². The number of carbonyl (C=O) groups excluding carboxylic acids is 1. The Bertz CT molecular complexity index is 1170. The van der Waals surface area contributed by atoms with E-state index < -0.39 is 0 Å². The summed E-state index contributed by atoms with van der Waals surface area (Å²) in [5, 5.41) is 2.25. The smallest absolute Gasteiger partial charge is 0.289 e. The van der Waals surface area contributed by atoms with Gasteiger partial charge in [-0.2, -0.15) is 4.99 Å². The Morgan fingerprint density at radius 1 is 0.935 bits per heavy atom. The largest absolute Gasteiger partial charge is 0.334 e. The number of benzene rings is 3. The van der Waals surface area contributed by atoms with Gasteiger partial charge in [-0.1, -0.05) is 59.8 Å². The maximum Gasteiger partial charge on any atom is 0.289 e. The van der Waals surface area contributed by atoms with E-state index in [-0.39, 0.29) is 5.91 Å². The predicted molar refractivity (Wildman–Crippen MR) is 132 cm³/mol. The first-order valence-corrected chi connectivity index (χ1v) is 11.9. The van der Waals surface area contributed by atoms with Crippen molar-refractivity contribution < 1.29 is 4.79 Å². The van der Waals surface area contributed by atoms with Crippen LogP contribution < -0.4 is 9.80 Å². The van der Waals surface area contributed by atoms with Crippen molar-refractivity contribution >= 4 is 63.3 Å². The summed E-state index contributed by atoms with van der Waals surface area (Å²) in [5.41, 5.74) is 2.95. The molecule has 0 atom stereocenters. The summed E-state index contributed by atoms with van der Waals surface area (Å²) in [6.45, 7) is 2.81. The van der Waals surface area contributed by atoms with Gasteiger partial charge in [0.15, 0.2) is 5.17 Å². The molecule has 4 nitrogen and oxygen atoms in total. The second-order valence-electron chi connectivity index (χ2n) is 6.90. The van der Waals surface area contributed by atoms with Gasteiger partial charge in [0, 0.05) is 27.8 Å². The third-order valence-electron chi connectivity index (χ3n) is 4.98. The highest BCUT2D eigenvalue weighted by atomic mass is 35.5. The zero-order chi connectivity index (χ0) is 21.4. The summed E-state index contributed by atoms with van der Waals surface area (Å²) in [6.07, 6.45) is 0. The van der Waals surface area contributed by atoms with Crippen LogP contribution in [0.5, 0.6) is 0 Å². The van der Waals surface area contributed by atoms with Crippen molar-refractivity contribution in [1.29, 1.82) is 0 Å². The number of rotatable bonds is 3. The zero-order valence-corrected chi connectivity index (χ0v) is 19.0. The summed E-state index contributed by atoms with van der Waals surface area (Å²) in [6, 6.07) is 25.8. The Morgan fingerprint density at radius 2 is 1.58 bits per heavy atom. The maximum atomic E-state index is 13.1. The average Bonchev–Trinajstić information content (AvgIpc) is 3.34. The van der Waals surface area contributed by atoms with Gasteiger partial charge in [0.25, 0.3) is 5.91 Å². The van der Waals surface area contributed by atoms with Crippen molar-refractivity contribution in [2.24, 2.45) is 4.99 Å². The standard InChI is InChI=1S/C24H18ClN3OS2/c1-2-27-19-15-16(25)13-14-20(19)30-23(27)21-22(29)26-24(31-21)28(17-9-5-3-6-10-17)18-11-7-4-8-12-18/h3-15H,2H2,1H3. The molecule has 0 aromatic heterocycles. The monoisotopic (exact) mass is 463 g/mol. The van der Waals surface area contributed by atoms with Gasteiger partial charge in [-0.05, 0) is 61.2 Å². The van der Waals surface area contributed by atoms with E-state index in [1.165, 1.54) is 11.8 Å². The third kappa shape index (κ3) is 3.76. The number of amides is 1. The molecule has 0 N–H and O–H groups in total. The van der Waals surface area contributed by atoms with Crippen LogP contribution >= 0.6 is 35.1 Å². The SMILES string of the molecule is CCN1C(=C2SC(N(c3ccccc3)c3ccccc3)=NC2=O)Sc2ccc(Cl)cc21. The lowest BCUT2D eigenvalue weighted by atomic mass is 10.2. The van der Waals surface area contributed by atoms with Gasteiger partial charge in [0.2, 0.25) is 0 Å². The molecule has 2 heterocycles. The molecule has 1 amide bonds. The number of hydrogen-bond acceptors (Lipinski definition) is 5. The molecule has 0 radical (unpaired) electrons. The zero-order valence-electron chi connectivity index (χ0n) is 16.7. The number of fused-ring (bicyclic) bond motifs is 1. The highest BCUT2D eigenvalue weighted by molar-refractivity contribution is 8.19. The fourth-order valence-corrected chi connectivity index (χ4v) is 6.09. The average molecular weight is 464 g/mol. The van der Waals surface area contributed by atoms with E-state index in [2.05, 4.69) is 16.8 Å². The number of amidine groups is 1. The first kappa shape index (κ1) is 20.2. The minimum atomic E-state index is -0.211. The number of nitrogens with zero attached hydrogens (tertiary/aromatic N) is 3. The van der Waals surface area contributed by atoms with Gasteiger partial charge < -0.3 is 4.90 Å². The predicted octanol–water partition coefficient (Wildman–Crippen LogP) is 6.91. The molecular weight excluding hydrogens is 446 g/mol. The lowest BCUT2D eigenvalue weighted by Gasteiger charge is -2.24. The summed E-state index contributed by atoms with van der Waals surface area (Å²) < 4.78 is 0. The quantitative estimate of drug-likeness (QED) is 0.394.